The summed E-state index contributed by atoms with van der Waals surface area (Å²) < 4.78 is 39.2. The lowest BCUT2D eigenvalue weighted by Crippen LogP contribution is -2.17. The maximum absolute atomic E-state index is 13.0. The molecule has 0 amide bonds. The molecular weight excluding hydrogens is 261 g/mol. The molecule has 0 N–H and O–H groups in total. The Morgan fingerprint density at radius 1 is 1.22 bits per heavy atom. The largest absolute Gasteiger partial charge is 0.426 e. The van der Waals surface area contributed by atoms with Gasteiger partial charge in [-0.15, -0.1) is 11.3 Å². The molecule has 5 heteroatoms. The van der Waals surface area contributed by atoms with Crippen LogP contribution in [0, 0.1) is 0 Å². The Bertz CT molecular complexity index is 628. The minimum absolute atomic E-state index is 0.103. The molecule has 1 heterocycles. The molecule has 0 aliphatic carbocycles. The number of hydrogen-bond donors (Lipinski definition) is 0. The molecule has 0 fully saturated rings. The molecule has 0 bridgehead atoms. The highest BCUT2D eigenvalue weighted by atomic mass is 32.1. The van der Waals surface area contributed by atoms with E-state index >= 15 is 0 Å². The van der Waals surface area contributed by atoms with Crippen molar-refractivity contribution in [2.45, 2.75) is 25.9 Å². The number of fused-ring (bicyclic) bond motifs is 1. The van der Waals surface area contributed by atoms with Crippen LogP contribution in [0.15, 0.2) is 29.1 Å². The summed E-state index contributed by atoms with van der Waals surface area (Å²) in [6.45, 7) is 1.76. The van der Waals surface area contributed by atoms with Crippen molar-refractivity contribution in [2.24, 2.45) is 0 Å². The van der Waals surface area contributed by atoms with Gasteiger partial charge in [0.1, 0.15) is 4.88 Å². The average Bonchev–Trinajstić information content (AvgIpc) is 2.31. The molecule has 96 valence electrons. The van der Waals surface area contributed by atoms with E-state index in [9.17, 15) is 18.0 Å². The van der Waals surface area contributed by atoms with Crippen molar-refractivity contribution in [3.63, 3.8) is 0 Å². The zero-order valence-electron chi connectivity index (χ0n) is 9.67. The number of halogens is 3. The molecule has 0 atom stereocenters. The topological polar surface area (TPSA) is 17.1 Å². The number of alkyl halides is 3. The standard InChI is InChI=1S/C13H11F3OS/c1-2-5-9-11(17)8-6-3-4-7-10(8)18-12(9)13(14,15)16/h3-4,6-7H,2,5H2,1H3. The Kier molecular flexibility index (Phi) is 3.43. The van der Waals surface area contributed by atoms with Crippen LogP contribution in [-0.2, 0) is 12.6 Å². The molecule has 0 aliphatic heterocycles. The van der Waals surface area contributed by atoms with Crippen molar-refractivity contribution in [1.82, 2.24) is 0 Å². The quantitative estimate of drug-likeness (QED) is 0.799. The lowest BCUT2D eigenvalue weighted by Gasteiger charge is -2.12. The first-order valence-corrected chi connectivity index (χ1v) is 6.38. The Balaban J connectivity index is 2.84. The SMILES string of the molecule is CCCc1c(C(F)(F)F)sc2ccccc2c1=O. The van der Waals surface area contributed by atoms with Crippen molar-refractivity contribution in [3.8, 4) is 0 Å². The van der Waals surface area contributed by atoms with E-state index in [1.807, 2.05) is 0 Å². The fourth-order valence-electron chi connectivity index (χ4n) is 1.89. The van der Waals surface area contributed by atoms with Crippen LogP contribution < -0.4 is 5.43 Å². The zero-order chi connectivity index (χ0) is 13.3. The van der Waals surface area contributed by atoms with Crippen LogP contribution in [0.5, 0.6) is 0 Å². The van der Waals surface area contributed by atoms with E-state index in [0.29, 0.717) is 27.8 Å². The summed E-state index contributed by atoms with van der Waals surface area (Å²) in [4.78, 5) is 11.3. The van der Waals surface area contributed by atoms with Gasteiger partial charge < -0.3 is 0 Å². The highest BCUT2D eigenvalue weighted by Crippen LogP contribution is 2.37. The van der Waals surface area contributed by atoms with Crippen LogP contribution in [-0.4, -0.2) is 0 Å². The maximum Gasteiger partial charge on any atom is 0.426 e. The van der Waals surface area contributed by atoms with Gasteiger partial charge in [0.05, 0.1) is 0 Å². The maximum atomic E-state index is 13.0. The van der Waals surface area contributed by atoms with Gasteiger partial charge in [0, 0.05) is 15.6 Å². The molecule has 18 heavy (non-hydrogen) atoms. The van der Waals surface area contributed by atoms with E-state index in [0.717, 1.165) is 0 Å². The van der Waals surface area contributed by atoms with Crippen LogP contribution in [0.3, 0.4) is 0 Å². The number of rotatable bonds is 2. The molecule has 0 saturated carbocycles. The van der Waals surface area contributed by atoms with Gasteiger partial charge in [-0.1, -0.05) is 25.5 Å². The third-order valence-electron chi connectivity index (χ3n) is 2.65. The third-order valence-corrected chi connectivity index (χ3v) is 3.91. The summed E-state index contributed by atoms with van der Waals surface area (Å²) in [6.07, 6.45) is -3.78. The third kappa shape index (κ3) is 2.27. The molecule has 2 rings (SSSR count). The van der Waals surface area contributed by atoms with Crippen LogP contribution in [0.4, 0.5) is 13.2 Å². The molecule has 0 radical (unpaired) electrons. The summed E-state index contributed by atoms with van der Waals surface area (Å²) in [5.74, 6) is 0. The predicted octanol–water partition coefficient (Wildman–Crippen LogP) is 4.23. The second-order valence-electron chi connectivity index (χ2n) is 3.98. The first kappa shape index (κ1) is 13.1. The summed E-state index contributed by atoms with van der Waals surface area (Å²) >= 11 is 0.650. The first-order valence-electron chi connectivity index (χ1n) is 5.57. The molecule has 0 aliphatic rings. The second kappa shape index (κ2) is 4.72. The lowest BCUT2D eigenvalue weighted by molar-refractivity contribution is -0.135. The summed E-state index contributed by atoms with van der Waals surface area (Å²) in [6, 6.07) is 6.43. The normalized spacial score (nSPS) is 12.0. The summed E-state index contributed by atoms with van der Waals surface area (Å²) in [5.41, 5.74) is -0.591. The zero-order valence-corrected chi connectivity index (χ0v) is 10.5. The van der Waals surface area contributed by atoms with Crippen LogP contribution in [0.25, 0.3) is 10.1 Å². The fraction of sp³-hybridized carbons (Fsp3) is 0.308. The number of benzene rings is 1. The van der Waals surface area contributed by atoms with Gasteiger partial charge in [0.25, 0.3) is 0 Å². The first-order chi connectivity index (χ1) is 8.45. The predicted molar refractivity (Wildman–Crippen MR) is 67.1 cm³/mol. The highest BCUT2D eigenvalue weighted by Gasteiger charge is 2.35. The minimum atomic E-state index is -4.46. The van der Waals surface area contributed by atoms with Gasteiger partial charge in [-0.05, 0) is 18.6 Å². The monoisotopic (exact) mass is 272 g/mol. The molecule has 1 aromatic carbocycles. The van der Waals surface area contributed by atoms with Crippen molar-refractivity contribution in [3.05, 3.63) is 44.9 Å². The van der Waals surface area contributed by atoms with Gasteiger partial charge in [-0.25, -0.2) is 0 Å². The molecule has 1 nitrogen and oxygen atoms in total. The Labute approximate surface area is 106 Å². The van der Waals surface area contributed by atoms with E-state index in [1.165, 1.54) is 0 Å². The van der Waals surface area contributed by atoms with Gasteiger partial charge in [-0.3, -0.25) is 4.79 Å². The molecule has 2 aromatic rings. The second-order valence-corrected chi connectivity index (χ2v) is 5.03. The van der Waals surface area contributed by atoms with Gasteiger partial charge in [-0.2, -0.15) is 13.2 Å². The highest BCUT2D eigenvalue weighted by molar-refractivity contribution is 7.18. The fourth-order valence-corrected chi connectivity index (χ4v) is 2.96. The average molecular weight is 272 g/mol. The van der Waals surface area contributed by atoms with E-state index in [-0.39, 0.29) is 12.0 Å². The van der Waals surface area contributed by atoms with E-state index in [2.05, 4.69) is 0 Å². The number of hydrogen-bond acceptors (Lipinski definition) is 2. The van der Waals surface area contributed by atoms with Gasteiger partial charge in [0.15, 0.2) is 5.43 Å². The van der Waals surface area contributed by atoms with E-state index < -0.39 is 16.5 Å². The lowest BCUT2D eigenvalue weighted by atomic mass is 10.1. The van der Waals surface area contributed by atoms with Gasteiger partial charge in [0.2, 0.25) is 0 Å². The van der Waals surface area contributed by atoms with Crippen LogP contribution in [0.2, 0.25) is 0 Å². The van der Waals surface area contributed by atoms with Crippen LogP contribution >= 0.6 is 11.3 Å². The van der Waals surface area contributed by atoms with Crippen molar-refractivity contribution in [1.29, 1.82) is 0 Å². The van der Waals surface area contributed by atoms with E-state index in [4.69, 9.17) is 0 Å². The molecule has 0 saturated heterocycles. The smallest absolute Gasteiger partial charge is 0.289 e. The molecule has 0 spiro atoms. The molecule has 1 aromatic heterocycles. The Morgan fingerprint density at radius 2 is 1.89 bits per heavy atom. The molecule has 0 unspecified atom stereocenters. The summed E-state index contributed by atoms with van der Waals surface area (Å²) in [5, 5.41) is 0.374. The van der Waals surface area contributed by atoms with Crippen molar-refractivity contribution >= 4 is 21.4 Å². The van der Waals surface area contributed by atoms with E-state index in [1.54, 1.807) is 31.2 Å². The summed E-state index contributed by atoms with van der Waals surface area (Å²) in [7, 11) is 0. The molecular formula is C13H11F3OS. The van der Waals surface area contributed by atoms with Gasteiger partial charge >= 0.3 is 6.18 Å². The minimum Gasteiger partial charge on any atom is -0.289 e. The van der Waals surface area contributed by atoms with Crippen molar-refractivity contribution < 1.29 is 13.2 Å². The van der Waals surface area contributed by atoms with Crippen molar-refractivity contribution in [2.75, 3.05) is 0 Å². The Morgan fingerprint density at radius 3 is 2.50 bits per heavy atom. The Hall–Kier alpha value is -1.36. The van der Waals surface area contributed by atoms with Crippen LogP contribution in [0.1, 0.15) is 23.8 Å².